The molecule has 0 aliphatic carbocycles. The molecule has 0 atom stereocenters. The van der Waals surface area contributed by atoms with Crippen LogP contribution in [0.15, 0.2) is 7.05 Å². The van der Waals surface area contributed by atoms with Crippen LogP contribution in [0.4, 0.5) is 0 Å². The van der Waals surface area contributed by atoms with Gasteiger partial charge in [0.05, 0.1) is 0 Å². The van der Waals surface area contributed by atoms with E-state index in [1.165, 1.54) is 0 Å². The summed E-state index contributed by atoms with van der Waals surface area (Å²) >= 11 is 1.59. The van der Waals surface area contributed by atoms with E-state index in [1.807, 2.05) is 0 Å². The van der Waals surface area contributed by atoms with Crippen molar-refractivity contribution in [1.29, 1.82) is 0 Å². The van der Waals surface area contributed by atoms with Gasteiger partial charge in [0.2, 0.25) is 0 Å². The molecule has 0 saturated carbocycles. The van der Waals surface area contributed by atoms with Crippen molar-refractivity contribution in [3.8, 4) is 0 Å². The second kappa shape index (κ2) is 16.3. The van der Waals surface area contributed by atoms with E-state index in [0.717, 1.165) is 0 Å². The van der Waals surface area contributed by atoms with E-state index in [1.54, 1.807) is 47.5 Å². The Morgan fingerprint density at radius 2 is 1.40 bits per heavy atom. The molecule has 0 aromatic heterocycles. The third-order valence-electron chi connectivity index (χ3n) is 0. The first-order valence-corrected chi connectivity index (χ1v) is 2.03. The molecule has 0 heterocycles. The van der Waals surface area contributed by atoms with Crippen LogP contribution in [0.2, 0.25) is 0 Å². The van der Waals surface area contributed by atoms with Crippen LogP contribution in [-0.2, 0) is 0 Å². The summed E-state index contributed by atoms with van der Waals surface area (Å²) in [7, 11) is 0. The Balaban J connectivity index is -0.0000000200. The summed E-state index contributed by atoms with van der Waals surface area (Å²) in [4.78, 5) is 0. The minimum Gasteiger partial charge on any atom is -1.00 e. The maximum Gasteiger partial charge on any atom is -1.00 e. The van der Waals surface area contributed by atoms with Crippen LogP contribution < -0.4 is 34.0 Å². The summed E-state index contributed by atoms with van der Waals surface area (Å²) in [6, 6.07) is 0. The zero-order chi connectivity index (χ0) is 2.71. The van der Waals surface area contributed by atoms with Crippen molar-refractivity contribution in [2.45, 2.75) is 0 Å². The number of halogens is 2. The molecule has 0 aromatic rings. The summed E-state index contributed by atoms with van der Waals surface area (Å²) in [5.74, 6) is 0. The van der Waals surface area contributed by atoms with Crippen LogP contribution in [0, 0.1) is 47.0 Å². The molecule has 0 unspecified atom stereocenters. The standard InChI is InChI=1S/C2H3.2BrH.Eu/c1-2;;;/h1H,2H2;2*1H;/q;;;+2/p-2. The van der Waals surface area contributed by atoms with E-state index in [0.29, 0.717) is 0 Å². The van der Waals surface area contributed by atoms with Gasteiger partial charge in [0.25, 0.3) is 0 Å². The molecule has 0 bridgehead atoms. The molecule has 0 fully saturated rings. The van der Waals surface area contributed by atoms with Crippen molar-refractivity contribution < 1.29 is 81.0 Å². The van der Waals surface area contributed by atoms with Crippen molar-refractivity contribution in [3.63, 3.8) is 0 Å². The van der Waals surface area contributed by atoms with Crippen LogP contribution in [0.5, 0.6) is 0 Å². The van der Waals surface area contributed by atoms with Crippen LogP contribution in [0.1, 0.15) is 0 Å². The fourth-order valence-electron chi connectivity index (χ4n) is 0. The summed E-state index contributed by atoms with van der Waals surface area (Å²) in [5.41, 5.74) is 0. The molecule has 0 aliphatic heterocycles. The molecule has 3 heteroatoms. The molecule has 0 N–H and O–H groups in total. The van der Waals surface area contributed by atoms with E-state index in [-0.39, 0.29) is 34.0 Å². The topological polar surface area (TPSA) is 0 Å². The predicted molar refractivity (Wildman–Crippen MR) is 10.2 cm³/mol. The maximum absolute atomic E-state index is 3.39. The van der Waals surface area contributed by atoms with Crippen molar-refractivity contribution in [2.24, 2.45) is 0 Å². The van der Waals surface area contributed by atoms with Crippen LogP contribution in [0.25, 0.3) is 0 Å². The van der Waals surface area contributed by atoms with E-state index in [2.05, 4.69) is 6.58 Å². The summed E-state index contributed by atoms with van der Waals surface area (Å²) in [5, 5.41) is 0. The molecule has 32 valence electrons. The molecular weight excluding hydrogens is 336 g/mol. The number of rotatable bonds is 0. The first kappa shape index (κ1) is 15.7. The third-order valence-corrected chi connectivity index (χ3v) is 0. The Bertz CT molecular complexity index is 15.1. The molecule has 5 heavy (non-hydrogen) atoms. The molecule has 0 rings (SSSR count). The van der Waals surface area contributed by atoms with E-state index in [9.17, 15) is 0 Å². The fourth-order valence-corrected chi connectivity index (χ4v) is 0. The van der Waals surface area contributed by atoms with Crippen LogP contribution >= 0.6 is 0 Å². The average Bonchev–Trinajstić information content (AvgIpc) is 0.918. The van der Waals surface area contributed by atoms with Gasteiger partial charge < -0.3 is 34.0 Å². The average molecular weight is 339 g/mol. The van der Waals surface area contributed by atoms with Gasteiger partial charge >= 0.3 is 54.1 Å². The van der Waals surface area contributed by atoms with Gasteiger partial charge in [-0.3, -0.25) is 0 Å². The van der Waals surface area contributed by atoms with Gasteiger partial charge in [-0.15, -0.1) is 0 Å². The van der Waals surface area contributed by atoms with Gasteiger partial charge in [-0.1, -0.05) is 0 Å². The van der Waals surface area contributed by atoms with Gasteiger partial charge in [-0.2, -0.15) is 0 Å². The summed E-state index contributed by atoms with van der Waals surface area (Å²) in [6.07, 6.45) is 0. The second-order valence-corrected chi connectivity index (χ2v) is 1.14. The molecule has 0 saturated heterocycles. The molecule has 0 amide bonds. The summed E-state index contributed by atoms with van der Waals surface area (Å²) in [6.45, 7) is 3.39. The van der Waals surface area contributed by atoms with E-state index < -0.39 is 0 Å². The Hall–Kier alpha value is 2.28. The van der Waals surface area contributed by atoms with Gasteiger partial charge in [-0.05, 0) is 0 Å². The Labute approximate surface area is 86.0 Å². The fraction of sp³-hybridized carbons (Fsp3) is 0. The van der Waals surface area contributed by atoms with Gasteiger partial charge in [0.1, 0.15) is 0 Å². The van der Waals surface area contributed by atoms with Crippen molar-refractivity contribution in [3.05, 3.63) is 7.05 Å². The zero-order valence-corrected chi connectivity index (χ0v) is 8.02. The molecule has 0 radical (unpaired) electrons. The quantitative estimate of drug-likeness (QED) is 0.414. The maximum atomic E-state index is 3.39. The second-order valence-electron chi connectivity index (χ2n) is 0.154. The molecule has 0 nitrogen and oxygen atoms in total. The normalized spacial score (nSPS) is 2.40. The number of hydrogen-bond acceptors (Lipinski definition) is 0. The monoisotopic (exact) mass is 338 g/mol. The Morgan fingerprint density at radius 1 is 1.40 bits per heavy atom. The molecule has 0 aliphatic rings. The minimum absolute atomic E-state index is 0. The largest absolute Gasteiger partial charge is 1.00 e. The zero-order valence-electron chi connectivity index (χ0n) is 2.42. The predicted octanol–water partition coefficient (Wildman–Crippen LogP) is -5.31. The minimum atomic E-state index is 0. The molecule has 0 aromatic carbocycles. The van der Waals surface area contributed by atoms with Gasteiger partial charge in [-0.25, -0.2) is 0 Å². The SMILES string of the molecule is C=[CH][Eu+2].[Br-].[Br-]. The smallest absolute Gasteiger partial charge is 1.00 e. The van der Waals surface area contributed by atoms with Crippen LogP contribution in [0.3, 0.4) is 0 Å². The van der Waals surface area contributed by atoms with Crippen molar-refractivity contribution in [1.82, 2.24) is 0 Å². The molecule has 0 spiro atoms. The van der Waals surface area contributed by atoms with Gasteiger partial charge in [0.15, 0.2) is 0 Å². The third kappa shape index (κ3) is 22.1. The Kier molecular flexibility index (Phi) is 51.0. The van der Waals surface area contributed by atoms with Crippen molar-refractivity contribution >= 4 is 0 Å². The Morgan fingerprint density at radius 3 is 1.40 bits per heavy atom. The first-order chi connectivity index (χ1) is 1.41. The van der Waals surface area contributed by atoms with Gasteiger partial charge in [0, 0.05) is 0 Å². The first-order valence-electron chi connectivity index (χ1n) is 0.626. The number of hydrogen-bond donors (Lipinski definition) is 0. The van der Waals surface area contributed by atoms with E-state index >= 15 is 0 Å². The van der Waals surface area contributed by atoms with Crippen molar-refractivity contribution in [2.75, 3.05) is 0 Å². The van der Waals surface area contributed by atoms with Crippen LogP contribution in [-0.4, -0.2) is 0 Å². The van der Waals surface area contributed by atoms with E-state index in [4.69, 9.17) is 0 Å². The molecular formula is C2H3Br2Eu. The summed E-state index contributed by atoms with van der Waals surface area (Å²) < 4.78 is 1.81.